The summed E-state index contributed by atoms with van der Waals surface area (Å²) in [5, 5.41) is 13.0. The average molecular weight is 256 g/mol. The number of carboxylic acids is 1. The molecule has 1 rings (SSSR count). The number of hydrogen-bond acceptors (Lipinski definition) is 5. The highest BCUT2D eigenvalue weighted by molar-refractivity contribution is 5.69. The van der Waals surface area contributed by atoms with Crippen LogP contribution in [0, 0.1) is 0 Å². The topological polar surface area (TPSA) is 80.5 Å². The second kappa shape index (κ2) is 7.07. The first kappa shape index (κ1) is 14.6. The molecule has 0 radical (unpaired) electrons. The molecule has 0 amide bonds. The van der Waals surface area contributed by atoms with Crippen LogP contribution in [0.4, 0.5) is 0 Å². The summed E-state index contributed by atoms with van der Waals surface area (Å²) in [7, 11) is 1.59. The van der Waals surface area contributed by atoms with Crippen molar-refractivity contribution in [2.45, 2.75) is 26.4 Å². The Morgan fingerprint density at radius 2 is 2.33 bits per heavy atom. The van der Waals surface area contributed by atoms with Gasteiger partial charge in [0.15, 0.2) is 0 Å². The maximum Gasteiger partial charge on any atom is 0.317 e. The lowest BCUT2D eigenvalue weighted by atomic mass is 10.3. The minimum Gasteiger partial charge on any atom is -0.480 e. The molecule has 0 aliphatic rings. The molecule has 7 heteroatoms. The highest BCUT2D eigenvalue weighted by Crippen LogP contribution is 2.07. The smallest absolute Gasteiger partial charge is 0.317 e. The summed E-state index contributed by atoms with van der Waals surface area (Å²) < 4.78 is 6.77. The van der Waals surface area contributed by atoms with Gasteiger partial charge in [-0.05, 0) is 13.8 Å². The third-order valence-electron chi connectivity index (χ3n) is 2.47. The van der Waals surface area contributed by atoms with E-state index in [9.17, 15) is 4.79 Å². The van der Waals surface area contributed by atoms with Crippen molar-refractivity contribution in [1.29, 1.82) is 0 Å². The summed E-state index contributed by atoms with van der Waals surface area (Å²) in [5.74, 6) is -0.0935. The standard InChI is InChI=1S/C11H20N4O3/c1-9(2)15-10(12-8-13-15)6-14(4-5-18-3)7-11(16)17/h8-9H,4-7H2,1-3H3,(H,16,17). The first-order valence-electron chi connectivity index (χ1n) is 5.86. The molecule has 0 aliphatic heterocycles. The molecule has 1 aromatic rings. The van der Waals surface area contributed by atoms with Crippen LogP contribution in [0.1, 0.15) is 25.7 Å². The zero-order chi connectivity index (χ0) is 13.5. The molecule has 0 aromatic carbocycles. The van der Waals surface area contributed by atoms with Crippen molar-refractivity contribution in [2.75, 3.05) is 26.8 Å². The molecule has 1 heterocycles. The highest BCUT2D eigenvalue weighted by Gasteiger charge is 2.15. The van der Waals surface area contributed by atoms with Crippen molar-refractivity contribution in [2.24, 2.45) is 0 Å². The third kappa shape index (κ3) is 4.42. The lowest BCUT2D eigenvalue weighted by molar-refractivity contribution is -0.138. The zero-order valence-corrected chi connectivity index (χ0v) is 11.0. The van der Waals surface area contributed by atoms with Crippen LogP contribution < -0.4 is 0 Å². The maximum absolute atomic E-state index is 10.8. The Balaban J connectivity index is 2.68. The predicted molar refractivity (Wildman–Crippen MR) is 65.2 cm³/mol. The first-order chi connectivity index (χ1) is 8.54. The number of nitrogens with zero attached hydrogens (tertiary/aromatic N) is 4. The molecule has 0 spiro atoms. The van der Waals surface area contributed by atoms with Crippen molar-refractivity contribution < 1.29 is 14.6 Å². The fourth-order valence-electron chi connectivity index (χ4n) is 1.64. The molecule has 0 saturated heterocycles. The van der Waals surface area contributed by atoms with Gasteiger partial charge in [-0.25, -0.2) is 9.67 Å². The quantitative estimate of drug-likeness (QED) is 0.725. The van der Waals surface area contributed by atoms with E-state index < -0.39 is 5.97 Å². The molecule has 102 valence electrons. The molecule has 0 saturated carbocycles. The first-order valence-corrected chi connectivity index (χ1v) is 5.86. The van der Waals surface area contributed by atoms with Gasteiger partial charge in [0.1, 0.15) is 12.2 Å². The molecule has 0 unspecified atom stereocenters. The average Bonchev–Trinajstić information content (AvgIpc) is 2.73. The molecule has 1 N–H and O–H groups in total. The van der Waals surface area contributed by atoms with Crippen LogP contribution >= 0.6 is 0 Å². The molecule has 0 atom stereocenters. The highest BCUT2D eigenvalue weighted by atomic mass is 16.5. The van der Waals surface area contributed by atoms with E-state index >= 15 is 0 Å². The van der Waals surface area contributed by atoms with Crippen LogP contribution in [0.25, 0.3) is 0 Å². The largest absolute Gasteiger partial charge is 0.480 e. The second-order valence-corrected chi connectivity index (χ2v) is 4.31. The minimum absolute atomic E-state index is 0.0334. The molecular formula is C11H20N4O3. The van der Waals surface area contributed by atoms with E-state index in [2.05, 4.69) is 10.1 Å². The number of ether oxygens (including phenoxy) is 1. The van der Waals surface area contributed by atoms with E-state index in [-0.39, 0.29) is 12.6 Å². The Bertz CT molecular complexity index is 378. The van der Waals surface area contributed by atoms with Crippen molar-refractivity contribution >= 4 is 5.97 Å². The summed E-state index contributed by atoms with van der Waals surface area (Å²) in [6.07, 6.45) is 1.49. The Kier molecular flexibility index (Phi) is 5.73. The lowest BCUT2D eigenvalue weighted by Crippen LogP contribution is -2.33. The molecule has 0 fully saturated rings. The van der Waals surface area contributed by atoms with E-state index in [1.54, 1.807) is 16.7 Å². The number of methoxy groups -OCH3 is 1. The van der Waals surface area contributed by atoms with Crippen molar-refractivity contribution in [1.82, 2.24) is 19.7 Å². The van der Waals surface area contributed by atoms with Gasteiger partial charge in [-0.1, -0.05) is 0 Å². The van der Waals surface area contributed by atoms with Crippen LogP contribution in [-0.2, 0) is 16.1 Å². The fourth-order valence-corrected chi connectivity index (χ4v) is 1.64. The van der Waals surface area contributed by atoms with Gasteiger partial charge in [-0.15, -0.1) is 0 Å². The Morgan fingerprint density at radius 1 is 1.61 bits per heavy atom. The Labute approximate surface area is 106 Å². The second-order valence-electron chi connectivity index (χ2n) is 4.31. The lowest BCUT2D eigenvalue weighted by Gasteiger charge is -2.20. The van der Waals surface area contributed by atoms with Gasteiger partial charge in [0.25, 0.3) is 0 Å². The van der Waals surface area contributed by atoms with Gasteiger partial charge in [0, 0.05) is 19.7 Å². The Morgan fingerprint density at radius 3 is 2.89 bits per heavy atom. The van der Waals surface area contributed by atoms with Gasteiger partial charge in [0.05, 0.1) is 19.7 Å². The predicted octanol–water partition coefficient (Wildman–Crippen LogP) is 0.392. The van der Waals surface area contributed by atoms with Crippen LogP contribution in [0.2, 0.25) is 0 Å². The fraction of sp³-hybridized carbons (Fsp3) is 0.727. The number of carboxylic acid groups (broad SMARTS) is 1. The maximum atomic E-state index is 10.8. The van der Waals surface area contributed by atoms with Crippen molar-refractivity contribution in [3.05, 3.63) is 12.2 Å². The number of aliphatic carboxylic acids is 1. The van der Waals surface area contributed by atoms with E-state index in [4.69, 9.17) is 9.84 Å². The zero-order valence-electron chi connectivity index (χ0n) is 11.0. The van der Waals surface area contributed by atoms with Crippen LogP contribution in [-0.4, -0.2) is 57.5 Å². The van der Waals surface area contributed by atoms with E-state index in [0.717, 1.165) is 5.82 Å². The van der Waals surface area contributed by atoms with E-state index in [1.165, 1.54) is 6.33 Å². The molecule has 18 heavy (non-hydrogen) atoms. The summed E-state index contributed by atoms with van der Waals surface area (Å²) in [6.45, 7) is 5.47. The van der Waals surface area contributed by atoms with Crippen LogP contribution in [0.3, 0.4) is 0 Å². The van der Waals surface area contributed by atoms with E-state index in [1.807, 2.05) is 13.8 Å². The van der Waals surface area contributed by atoms with Crippen LogP contribution in [0.15, 0.2) is 6.33 Å². The summed E-state index contributed by atoms with van der Waals surface area (Å²) >= 11 is 0. The summed E-state index contributed by atoms with van der Waals surface area (Å²) in [5.41, 5.74) is 0. The molecule has 1 aromatic heterocycles. The van der Waals surface area contributed by atoms with Crippen molar-refractivity contribution in [3.8, 4) is 0 Å². The minimum atomic E-state index is -0.860. The number of hydrogen-bond donors (Lipinski definition) is 1. The third-order valence-corrected chi connectivity index (χ3v) is 2.47. The monoisotopic (exact) mass is 256 g/mol. The summed E-state index contributed by atoms with van der Waals surface area (Å²) in [4.78, 5) is 16.7. The van der Waals surface area contributed by atoms with Gasteiger partial charge in [-0.2, -0.15) is 5.10 Å². The van der Waals surface area contributed by atoms with Crippen molar-refractivity contribution in [3.63, 3.8) is 0 Å². The normalized spacial score (nSPS) is 11.4. The Hall–Kier alpha value is -1.47. The molecule has 0 aliphatic carbocycles. The van der Waals surface area contributed by atoms with Gasteiger partial charge in [0.2, 0.25) is 0 Å². The van der Waals surface area contributed by atoms with E-state index in [0.29, 0.717) is 19.7 Å². The number of aromatic nitrogens is 3. The number of carbonyl (C=O) groups is 1. The van der Waals surface area contributed by atoms with Gasteiger partial charge >= 0.3 is 5.97 Å². The van der Waals surface area contributed by atoms with Gasteiger partial charge in [-0.3, -0.25) is 9.69 Å². The molecular weight excluding hydrogens is 236 g/mol. The van der Waals surface area contributed by atoms with Crippen LogP contribution in [0.5, 0.6) is 0 Å². The molecule has 7 nitrogen and oxygen atoms in total. The SMILES string of the molecule is COCCN(CC(=O)O)Cc1ncnn1C(C)C. The number of rotatable bonds is 8. The van der Waals surface area contributed by atoms with Gasteiger partial charge < -0.3 is 9.84 Å². The summed E-state index contributed by atoms with van der Waals surface area (Å²) in [6, 6.07) is 0.205. The molecule has 0 bridgehead atoms.